The second-order valence-corrected chi connectivity index (χ2v) is 7.60. The molecule has 6 heteroatoms. The highest BCUT2D eigenvalue weighted by Gasteiger charge is 2.23. The summed E-state index contributed by atoms with van der Waals surface area (Å²) in [4.78, 5) is 23.9. The molecule has 4 rings (SSSR count). The zero-order valence-electron chi connectivity index (χ0n) is 17.9. The van der Waals surface area contributed by atoms with Crippen LogP contribution in [-0.4, -0.2) is 55.6 Å². The van der Waals surface area contributed by atoms with Crippen molar-refractivity contribution >= 4 is 17.4 Å². The van der Waals surface area contributed by atoms with E-state index in [2.05, 4.69) is 26.9 Å². The summed E-state index contributed by atoms with van der Waals surface area (Å²) < 4.78 is 5.29. The third-order valence-electron chi connectivity index (χ3n) is 5.59. The number of anilines is 2. The van der Waals surface area contributed by atoms with Crippen LogP contribution < -0.4 is 14.5 Å². The predicted octanol–water partition coefficient (Wildman–Crippen LogP) is 3.45. The molecule has 0 saturated carbocycles. The lowest BCUT2D eigenvalue weighted by Gasteiger charge is -2.36. The maximum absolute atomic E-state index is 13.2. The van der Waals surface area contributed by atoms with E-state index < -0.39 is 0 Å². The summed E-state index contributed by atoms with van der Waals surface area (Å²) in [5.41, 5.74) is 2.18. The molecule has 0 radical (unpaired) electrons. The molecule has 0 unspecified atom stereocenters. The Labute approximate surface area is 183 Å². The normalized spacial score (nSPS) is 13.7. The van der Waals surface area contributed by atoms with E-state index in [1.807, 2.05) is 71.8 Å². The number of pyridine rings is 1. The summed E-state index contributed by atoms with van der Waals surface area (Å²) in [6.07, 6.45) is 1.81. The molecule has 6 nitrogen and oxygen atoms in total. The first-order valence-electron chi connectivity index (χ1n) is 10.6. The fraction of sp³-hybridized carbons (Fsp3) is 0.280. The Balaban J connectivity index is 1.42. The highest BCUT2D eigenvalue weighted by Crippen LogP contribution is 2.22. The third-order valence-corrected chi connectivity index (χ3v) is 5.59. The number of hydrogen-bond acceptors (Lipinski definition) is 5. The Hall–Kier alpha value is -3.54. The number of nitrogens with zero attached hydrogens (tertiary/aromatic N) is 4. The van der Waals surface area contributed by atoms with Crippen LogP contribution in [0.15, 0.2) is 79.0 Å². The van der Waals surface area contributed by atoms with Gasteiger partial charge in [0.25, 0.3) is 0 Å². The number of carbonyl (C=O) groups excluding carboxylic acids is 1. The van der Waals surface area contributed by atoms with Crippen LogP contribution in [0.2, 0.25) is 0 Å². The average molecular weight is 417 g/mol. The van der Waals surface area contributed by atoms with Crippen molar-refractivity contribution in [3.05, 3.63) is 84.6 Å². The maximum atomic E-state index is 13.2. The minimum atomic E-state index is 0.146. The van der Waals surface area contributed by atoms with Crippen LogP contribution in [0.5, 0.6) is 5.75 Å². The number of piperazine rings is 1. The maximum Gasteiger partial charge on any atom is 0.242 e. The van der Waals surface area contributed by atoms with Crippen molar-refractivity contribution < 1.29 is 9.53 Å². The number of carbonyl (C=O) groups is 1. The van der Waals surface area contributed by atoms with Crippen molar-refractivity contribution in [2.45, 2.75) is 6.54 Å². The zero-order chi connectivity index (χ0) is 21.5. The van der Waals surface area contributed by atoms with Gasteiger partial charge in [-0.05, 0) is 42.0 Å². The largest absolute Gasteiger partial charge is 0.497 e. The molecule has 1 aliphatic rings. The number of ether oxygens (including phenoxy) is 1. The van der Waals surface area contributed by atoms with E-state index in [9.17, 15) is 4.79 Å². The molecular formula is C25H28N4O2. The van der Waals surface area contributed by atoms with E-state index in [0.29, 0.717) is 26.2 Å². The van der Waals surface area contributed by atoms with E-state index in [0.717, 1.165) is 30.3 Å². The summed E-state index contributed by atoms with van der Waals surface area (Å²) in [5, 5.41) is 0. The topological polar surface area (TPSA) is 48.9 Å². The van der Waals surface area contributed by atoms with Crippen molar-refractivity contribution in [3.63, 3.8) is 0 Å². The molecule has 1 fully saturated rings. The van der Waals surface area contributed by atoms with Gasteiger partial charge >= 0.3 is 0 Å². The molecule has 1 aromatic heterocycles. The van der Waals surface area contributed by atoms with Gasteiger partial charge in [0.1, 0.15) is 11.6 Å². The number of aromatic nitrogens is 1. The first-order valence-corrected chi connectivity index (χ1v) is 10.6. The smallest absolute Gasteiger partial charge is 0.242 e. The van der Waals surface area contributed by atoms with Gasteiger partial charge in [0.2, 0.25) is 5.91 Å². The molecule has 0 atom stereocenters. The Kier molecular flexibility index (Phi) is 6.67. The molecule has 31 heavy (non-hydrogen) atoms. The van der Waals surface area contributed by atoms with Crippen LogP contribution in [0, 0.1) is 0 Å². The Morgan fingerprint density at radius 3 is 2.29 bits per heavy atom. The van der Waals surface area contributed by atoms with E-state index in [1.165, 1.54) is 5.56 Å². The van der Waals surface area contributed by atoms with Gasteiger partial charge in [-0.25, -0.2) is 4.98 Å². The molecule has 160 valence electrons. The highest BCUT2D eigenvalue weighted by molar-refractivity contribution is 5.82. The Morgan fingerprint density at radius 1 is 0.935 bits per heavy atom. The standard InChI is InChI=1S/C25H28N4O2/c1-31-23-12-10-22(11-13-23)29(19-21-7-3-2-4-8-21)20-25(30)28-17-15-27(16-18-28)24-9-5-6-14-26-24/h2-14H,15-20H2,1H3. The first kappa shape index (κ1) is 20.7. The quantitative estimate of drug-likeness (QED) is 0.591. The zero-order valence-corrected chi connectivity index (χ0v) is 17.9. The molecule has 3 aromatic rings. The average Bonchev–Trinajstić information content (AvgIpc) is 2.85. The van der Waals surface area contributed by atoms with Gasteiger partial charge in [0.15, 0.2) is 0 Å². The number of amides is 1. The molecule has 2 heterocycles. The first-order chi connectivity index (χ1) is 15.2. The summed E-state index contributed by atoms with van der Waals surface area (Å²) in [6.45, 7) is 4.01. The van der Waals surface area contributed by atoms with Crippen molar-refractivity contribution in [2.75, 3.05) is 49.6 Å². The van der Waals surface area contributed by atoms with Gasteiger partial charge in [0.05, 0.1) is 13.7 Å². The van der Waals surface area contributed by atoms with Crippen LogP contribution >= 0.6 is 0 Å². The Morgan fingerprint density at radius 2 is 1.65 bits per heavy atom. The fourth-order valence-electron chi connectivity index (χ4n) is 3.82. The van der Waals surface area contributed by atoms with Crippen molar-refractivity contribution in [1.82, 2.24) is 9.88 Å². The van der Waals surface area contributed by atoms with Crippen molar-refractivity contribution in [1.29, 1.82) is 0 Å². The van der Waals surface area contributed by atoms with E-state index in [1.54, 1.807) is 7.11 Å². The molecule has 1 saturated heterocycles. The monoisotopic (exact) mass is 416 g/mol. The SMILES string of the molecule is COc1ccc(N(CC(=O)N2CCN(c3ccccn3)CC2)Cc2ccccc2)cc1. The molecule has 0 aliphatic carbocycles. The second kappa shape index (κ2) is 9.98. The summed E-state index contributed by atoms with van der Waals surface area (Å²) in [7, 11) is 1.66. The predicted molar refractivity (Wildman–Crippen MR) is 124 cm³/mol. The highest BCUT2D eigenvalue weighted by atomic mass is 16.5. The molecular weight excluding hydrogens is 388 g/mol. The van der Waals surface area contributed by atoms with Crippen molar-refractivity contribution in [3.8, 4) is 5.75 Å². The third kappa shape index (κ3) is 5.34. The van der Waals surface area contributed by atoms with Gasteiger partial charge < -0.3 is 19.4 Å². The fourth-order valence-corrected chi connectivity index (χ4v) is 3.82. The second-order valence-electron chi connectivity index (χ2n) is 7.60. The van der Waals surface area contributed by atoms with Gasteiger partial charge in [-0.1, -0.05) is 36.4 Å². The van der Waals surface area contributed by atoms with Crippen LogP contribution in [-0.2, 0) is 11.3 Å². The molecule has 0 bridgehead atoms. The number of methoxy groups -OCH3 is 1. The minimum Gasteiger partial charge on any atom is -0.497 e. The van der Waals surface area contributed by atoms with Crippen LogP contribution in [0.1, 0.15) is 5.56 Å². The van der Waals surface area contributed by atoms with E-state index in [4.69, 9.17) is 4.74 Å². The molecule has 1 aliphatic heterocycles. The summed E-state index contributed by atoms with van der Waals surface area (Å²) >= 11 is 0. The van der Waals surface area contributed by atoms with Gasteiger partial charge in [-0.3, -0.25) is 4.79 Å². The molecule has 0 N–H and O–H groups in total. The lowest BCUT2D eigenvalue weighted by molar-refractivity contribution is -0.130. The molecule has 0 spiro atoms. The number of benzene rings is 2. The van der Waals surface area contributed by atoms with Gasteiger partial charge in [-0.15, -0.1) is 0 Å². The summed E-state index contributed by atoms with van der Waals surface area (Å²) in [5.74, 6) is 1.92. The molecule has 1 amide bonds. The van der Waals surface area contributed by atoms with Crippen LogP contribution in [0.3, 0.4) is 0 Å². The Bertz CT molecular complexity index is 956. The lowest BCUT2D eigenvalue weighted by Crippen LogP contribution is -2.51. The van der Waals surface area contributed by atoms with Crippen molar-refractivity contribution in [2.24, 2.45) is 0 Å². The van der Waals surface area contributed by atoms with E-state index in [-0.39, 0.29) is 5.91 Å². The van der Waals surface area contributed by atoms with E-state index >= 15 is 0 Å². The van der Waals surface area contributed by atoms with Crippen LogP contribution in [0.4, 0.5) is 11.5 Å². The summed E-state index contributed by atoms with van der Waals surface area (Å²) in [6, 6.07) is 24.1. The molecule has 2 aromatic carbocycles. The lowest BCUT2D eigenvalue weighted by atomic mass is 10.2. The van der Waals surface area contributed by atoms with Gasteiger partial charge in [0, 0.05) is 44.6 Å². The minimum absolute atomic E-state index is 0.146. The van der Waals surface area contributed by atoms with Gasteiger partial charge in [-0.2, -0.15) is 0 Å². The van der Waals surface area contributed by atoms with Crippen LogP contribution in [0.25, 0.3) is 0 Å². The number of hydrogen-bond donors (Lipinski definition) is 0. The number of rotatable bonds is 7.